The van der Waals surface area contributed by atoms with E-state index in [1.165, 1.54) is 0 Å². The quantitative estimate of drug-likeness (QED) is 0.942. The third-order valence-electron chi connectivity index (χ3n) is 2.55. The van der Waals surface area contributed by atoms with Crippen LogP contribution in [0.4, 0.5) is 0 Å². The fourth-order valence-corrected chi connectivity index (χ4v) is 2.24. The van der Waals surface area contributed by atoms with Crippen molar-refractivity contribution in [3.8, 4) is 0 Å². The van der Waals surface area contributed by atoms with Crippen molar-refractivity contribution in [1.29, 1.82) is 0 Å². The Hall–Kier alpha value is -1.33. The van der Waals surface area contributed by atoms with Crippen LogP contribution in [-0.2, 0) is 13.6 Å². The molecule has 2 aromatic rings. The van der Waals surface area contributed by atoms with Crippen LogP contribution in [0.5, 0.6) is 0 Å². The second-order valence-corrected chi connectivity index (χ2v) is 4.99. The number of aryl methyl sites for hydroxylation is 1. The van der Waals surface area contributed by atoms with E-state index in [2.05, 4.69) is 26.3 Å². The molecule has 1 aromatic heterocycles. The first kappa shape index (κ1) is 13.1. The van der Waals surface area contributed by atoms with E-state index in [1.54, 1.807) is 24.0 Å². The van der Waals surface area contributed by atoms with Gasteiger partial charge in [-0.25, -0.2) is 0 Å². The van der Waals surface area contributed by atoms with Gasteiger partial charge in [0.15, 0.2) is 0 Å². The van der Waals surface area contributed by atoms with Gasteiger partial charge in [-0.3, -0.25) is 9.48 Å². The number of nitrogens with one attached hydrogen (secondary N) is 1. The van der Waals surface area contributed by atoms with Crippen molar-refractivity contribution >= 4 is 33.4 Å². The van der Waals surface area contributed by atoms with Crippen LogP contribution in [-0.4, -0.2) is 15.7 Å². The molecule has 94 valence electrons. The maximum atomic E-state index is 12.0. The molecule has 0 fully saturated rings. The molecule has 0 saturated heterocycles. The zero-order chi connectivity index (χ0) is 13.1. The predicted octanol–water partition coefficient (Wildman–Crippen LogP) is 2.77. The van der Waals surface area contributed by atoms with Crippen molar-refractivity contribution in [3.63, 3.8) is 0 Å². The maximum Gasteiger partial charge on any atom is 0.252 e. The van der Waals surface area contributed by atoms with Crippen LogP contribution < -0.4 is 5.32 Å². The van der Waals surface area contributed by atoms with Crippen molar-refractivity contribution in [3.05, 3.63) is 51.2 Å². The number of aromatic nitrogens is 2. The van der Waals surface area contributed by atoms with E-state index in [1.807, 2.05) is 18.2 Å². The average molecular weight is 329 g/mol. The molecule has 0 spiro atoms. The molecule has 0 aliphatic carbocycles. The highest BCUT2D eigenvalue weighted by atomic mass is 79.9. The number of nitrogens with zero attached hydrogens (tertiary/aromatic N) is 2. The molecule has 0 radical (unpaired) electrons. The third-order valence-corrected chi connectivity index (χ3v) is 3.55. The van der Waals surface area contributed by atoms with Crippen molar-refractivity contribution in [2.45, 2.75) is 6.54 Å². The standard InChI is InChI=1S/C12H11BrClN3O/c1-17-11(10(14)6-16-17)7-15-12(18)8-4-2-3-5-9(8)13/h2-6H,7H2,1H3,(H,15,18). The van der Waals surface area contributed by atoms with Gasteiger partial charge in [-0.05, 0) is 28.1 Å². The first-order valence-corrected chi connectivity index (χ1v) is 6.46. The van der Waals surface area contributed by atoms with Gasteiger partial charge < -0.3 is 5.32 Å². The van der Waals surface area contributed by atoms with Crippen molar-refractivity contribution in [2.24, 2.45) is 7.05 Å². The van der Waals surface area contributed by atoms with Gasteiger partial charge in [-0.15, -0.1) is 0 Å². The fraction of sp³-hybridized carbons (Fsp3) is 0.167. The van der Waals surface area contributed by atoms with Gasteiger partial charge in [0.2, 0.25) is 0 Å². The van der Waals surface area contributed by atoms with Crippen molar-refractivity contribution < 1.29 is 4.79 Å². The Kier molecular flexibility index (Phi) is 4.04. The lowest BCUT2D eigenvalue weighted by molar-refractivity contribution is 0.0949. The molecular weight excluding hydrogens is 318 g/mol. The largest absolute Gasteiger partial charge is 0.346 e. The Labute approximate surface area is 118 Å². The fourth-order valence-electron chi connectivity index (χ4n) is 1.54. The second kappa shape index (κ2) is 5.54. The molecule has 2 rings (SSSR count). The molecule has 0 aliphatic rings. The number of rotatable bonds is 3. The molecule has 1 aromatic carbocycles. The second-order valence-electron chi connectivity index (χ2n) is 3.73. The number of carbonyl (C=O) groups excluding carboxylic acids is 1. The van der Waals surface area contributed by atoms with E-state index in [9.17, 15) is 4.79 Å². The first-order valence-electron chi connectivity index (χ1n) is 5.28. The number of halogens is 2. The Bertz CT molecular complexity index is 563. The lowest BCUT2D eigenvalue weighted by Gasteiger charge is -2.07. The number of carbonyl (C=O) groups is 1. The summed E-state index contributed by atoms with van der Waals surface area (Å²) in [6.07, 6.45) is 1.56. The van der Waals surface area contributed by atoms with Gasteiger partial charge in [-0.2, -0.15) is 5.10 Å². The lowest BCUT2D eigenvalue weighted by Crippen LogP contribution is -2.24. The zero-order valence-corrected chi connectivity index (χ0v) is 12.0. The summed E-state index contributed by atoms with van der Waals surface area (Å²) in [6.45, 7) is 0.343. The van der Waals surface area contributed by atoms with Gasteiger partial charge in [0.25, 0.3) is 5.91 Å². The molecule has 0 saturated carbocycles. The number of benzene rings is 1. The summed E-state index contributed by atoms with van der Waals surface area (Å²) in [5.74, 6) is -0.153. The van der Waals surface area contributed by atoms with E-state index >= 15 is 0 Å². The predicted molar refractivity (Wildman–Crippen MR) is 73.5 cm³/mol. The summed E-state index contributed by atoms with van der Waals surface area (Å²) >= 11 is 9.30. The molecular formula is C12H11BrClN3O. The van der Waals surface area contributed by atoms with Crippen LogP contribution >= 0.6 is 27.5 Å². The topological polar surface area (TPSA) is 46.9 Å². The van der Waals surface area contributed by atoms with Crippen LogP contribution in [0.1, 0.15) is 16.1 Å². The van der Waals surface area contributed by atoms with Gasteiger partial charge in [0.1, 0.15) is 0 Å². The van der Waals surface area contributed by atoms with Crippen LogP contribution in [0.15, 0.2) is 34.9 Å². The molecule has 18 heavy (non-hydrogen) atoms. The van der Waals surface area contributed by atoms with Gasteiger partial charge in [0, 0.05) is 11.5 Å². The molecule has 1 amide bonds. The molecule has 1 heterocycles. The Morgan fingerprint density at radius 2 is 2.22 bits per heavy atom. The Morgan fingerprint density at radius 1 is 1.50 bits per heavy atom. The highest BCUT2D eigenvalue weighted by Crippen LogP contribution is 2.17. The molecule has 6 heteroatoms. The van der Waals surface area contributed by atoms with E-state index in [0.29, 0.717) is 17.1 Å². The van der Waals surface area contributed by atoms with E-state index in [0.717, 1.165) is 10.2 Å². The summed E-state index contributed by atoms with van der Waals surface area (Å²) in [5, 5.41) is 7.36. The Balaban J connectivity index is 2.08. The van der Waals surface area contributed by atoms with Crippen LogP contribution in [0.3, 0.4) is 0 Å². The SMILES string of the molecule is Cn1ncc(Cl)c1CNC(=O)c1ccccc1Br. The van der Waals surface area contributed by atoms with Gasteiger partial charge in [0.05, 0.1) is 29.0 Å². The van der Waals surface area contributed by atoms with Crippen LogP contribution in [0.25, 0.3) is 0 Å². The number of hydrogen-bond acceptors (Lipinski definition) is 2. The van der Waals surface area contributed by atoms with Crippen LogP contribution in [0, 0.1) is 0 Å². The normalized spacial score (nSPS) is 10.4. The van der Waals surface area contributed by atoms with E-state index in [-0.39, 0.29) is 5.91 Å². The monoisotopic (exact) mass is 327 g/mol. The molecule has 0 aliphatic heterocycles. The summed E-state index contributed by atoms with van der Waals surface area (Å²) in [6, 6.07) is 7.26. The van der Waals surface area contributed by atoms with E-state index < -0.39 is 0 Å². The molecule has 1 N–H and O–H groups in total. The van der Waals surface area contributed by atoms with Crippen LogP contribution in [0.2, 0.25) is 5.02 Å². The molecule has 0 unspecified atom stereocenters. The van der Waals surface area contributed by atoms with Gasteiger partial charge >= 0.3 is 0 Å². The lowest BCUT2D eigenvalue weighted by atomic mass is 10.2. The van der Waals surface area contributed by atoms with Crippen molar-refractivity contribution in [2.75, 3.05) is 0 Å². The summed E-state index contributed by atoms with van der Waals surface area (Å²) < 4.78 is 2.40. The number of amides is 1. The highest BCUT2D eigenvalue weighted by molar-refractivity contribution is 9.10. The highest BCUT2D eigenvalue weighted by Gasteiger charge is 2.11. The zero-order valence-electron chi connectivity index (χ0n) is 9.65. The molecule has 4 nitrogen and oxygen atoms in total. The summed E-state index contributed by atoms with van der Waals surface area (Å²) in [7, 11) is 1.78. The smallest absolute Gasteiger partial charge is 0.252 e. The molecule has 0 atom stereocenters. The van der Waals surface area contributed by atoms with E-state index in [4.69, 9.17) is 11.6 Å². The first-order chi connectivity index (χ1) is 8.59. The minimum Gasteiger partial charge on any atom is -0.346 e. The number of hydrogen-bond donors (Lipinski definition) is 1. The maximum absolute atomic E-state index is 12.0. The summed E-state index contributed by atoms with van der Waals surface area (Å²) in [5.41, 5.74) is 1.37. The van der Waals surface area contributed by atoms with Gasteiger partial charge in [-0.1, -0.05) is 23.7 Å². The van der Waals surface area contributed by atoms with Crippen molar-refractivity contribution in [1.82, 2.24) is 15.1 Å². The minimum absolute atomic E-state index is 0.153. The third kappa shape index (κ3) is 2.73. The molecule has 0 bridgehead atoms. The summed E-state index contributed by atoms with van der Waals surface area (Å²) in [4.78, 5) is 12.0. The Morgan fingerprint density at radius 3 is 2.83 bits per heavy atom. The minimum atomic E-state index is -0.153. The average Bonchev–Trinajstić information content (AvgIpc) is 2.67.